The Morgan fingerprint density at radius 2 is 2.46 bits per heavy atom. The molecular formula is C8H16N2O3. The maximum Gasteiger partial charge on any atom is 0.234 e. The zero-order valence-corrected chi connectivity index (χ0v) is 7.57. The van der Waals surface area contributed by atoms with Crippen molar-refractivity contribution in [1.82, 2.24) is 0 Å². The molecule has 4 N–H and O–H groups in total. The van der Waals surface area contributed by atoms with Gasteiger partial charge in [-0.1, -0.05) is 0 Å². The summed E-state index contributed by atoms with van der Waals surface area (Å²) in [4.78, 5) is 10.5. The molecule has 1 saturated heterocycles. The number of amides is 1. The van der Waals surface area contributed by atoms with Gasteiger partial charge in [0, 0.05) is 13.2 Å². The maximum absolute atomic E-state index is 10.5. The topological polar surface area (TPSA) is 87.6 Å². The quantitative estimate of drug-likeness (QED) is 0.579. The van der Waals surface area contributed by atoms with Gasteiger partial charge >= 0.3 is 0 Å². The van der Waals surface area contributed by atoms with Crippen LogP contribution in [0.2, 0.25) is 0 Å². The van der Waals surface area contributed by atoms with E-state index in [1.54, 1.807) is 0 Å². The average molecular weight is 188 g/mol. The lowest BCUT2D eigenvalue weighted by atomic mass is 10.2. The van der Waals surface area contributed by atoms with E-state index in [9.17, 15) is 4.79 Å². The highest BCUT2D eigenvalue weighted by molar-refractivity contribution is 5.79. The fourth-order valence-corrected chi connectivity index (χ4v) is 1.15. The molecule has 0 saturated carbocycles. The number of nitrogens with two attached hydrogens (primary N) is 2. The Hall–Kier alpha value is -0.650. The molecule has 13 heavy (non-hydrogen) atoms. The average Bonchev–Trinajstić information content (AvgIpc) is 2.56. The molecule has 0 aromatic rings. The first kappa shape index (κ1) is 10.4. The van der Waals surface area contributed by atoms with Gasteiger partial charge in [-0.15, -0.1) is 0 Å². The largest absolute Gasteiger partial charge is 0.379 e. The van der Waals surface area contributed by atoms with Crippen LogP contribution in [0.1, 0.15) is 12.8 Å². The predicted molar refractivity (Wildman–Crippen MR) is 47.0 cm³/mol. The third kappa shape index (κ3) is 3.71. The molecule has 0 radical (unpaired) electrons. The molecule has 2 atom stereocenters. The third-order valence-corrected chi connectivity index (χ3v) is 2.04. The molecule has 0 aromatic carbocycles. The number of hydrogen-bond donors (Lipinski definition) is 2. The van der Waals surface area contributed by atoms with Crippen molar-refractivity contribution in [2.75, 3.05) is 19.8 Å². The van der Waals surface area contributed by atoms with E-state index in [0.29, 0.717) is 19.6 Å². The Kier molecular flexibility index (Phi) is 4.14. The second kappa shape index (κ2) is 5.16. The van der Waals surface area contributed by atoms with Crippen LogP contribution >= 0.6 is 0 Å². The molecule has 0 bridgehead atoms. The van der Waals surface area contributed by atoms with Crippen LogP contribution in [0.3, 0.4) is 0 Å². The van der Waals surface area contributed by atoms with E-state index in [4.69, 9.17) is 20.9 Å². The summed E-state index contributed by atoms with van der Waals surface area (Å²) in [5, 5.41) is 0. The molecule has 1 rings (SSSR count). The molecule has 0 aromatic heterocycles. The van der Waals surface area contributed by atoms with Crippen LogP contribution in [0.25, 0.3) is 0 Å². The summed E-state index contributed by atoms with van der Waals surface area (Å²) in [6, 6.07) is -0.595. The number of carbonyl (C=O) groups is 1. The first-order valence-electron chi connectivity index (χ1n) is 4.44. The normalized spacial score (nSPS) is 24.5. The van der Waals surface area contributed by atoms with Gasteiger partial charge in [-0.05, 0) is 12.8 Å². The van der Waals surface area contributed by atoms with E-state index in [1.165, 1.54) is 0 Å². The van der Waals surface area contributed by atoms with Gasteiger partial charge < -0.3 is 20.9 Å². The monoisotopic (exact) mass is 188 g/mol. The molecule has 1 aliphatic heterocycles. The van der Waals surface area contributed by atoms with Crippen LogP contribution in [0.15, 0.2) is 0 Å². The van der Waals surface area contributed by atoms with Gasteiger partial charge in [-0.2, -0.15) is 0 Å². The molecule has 1 amide bonds. The molecule has 76 valence electrons. The second-order valence-electron chi connectivity index (χ2n) is 3.15. The van der Waals surface area contributed by atoms with Gasteiger partial charge in [-0.3, -0.25) is 4.79 Å². The van der Waals surface area contributed by atoms with E-state index in [2.05, 4.69) is 0 Å². The highest BCUT2D eigenvalue weighted by atomic mass is 16.5. The van der Waals surface area contributed by atoms with Gasteiger partial charge in [0.25, 0.3) is 0 Å². The molecule has 2 unspecified atom stereocenters. The van der Waals surface area contributed by atoms with E-state index in [0.717, 1.165) is 13.0 Å². The van der Waals surface area contributed by atoms with Crippen molar-refractivity contribution >= 4 is 5.91 Å². The SMILES string of the molecule is NC(=O)C(N)CCOC1CCOC1. The van der Waals surface area contributed by atoms with Gasteiger partial charge in [0.05, 0.1) is 18.8 Å². The Morgan fingerprint density at radius 3 is 3.00 bits per heavy atom. The highest BCUT2D eigenvalue weighted by Gasteiger charge is 2.16. The van der Waals surface area contributed by atoms with Crippen LogP contribution in [0.4, 0.5) is 0 Å². The van der Waals surface area contributed by atoms with Crippen molar-refractivity contribution < 1.29 is 14.3 Å². The number of hydrogen-bond acceptors (Lipinski definition) is 4. The zero-order valence-electron chi connectivity index (χ0n) is 7.57. The molecule has 1 heterocycles. The van der Waals surface area contributed by atoms with Crippen molar-refractivity contribution in [3.8, 4) is 0 Å². The fourth-order valence-electron chi connectivity index (χ4n) is 1.15. The first-order chi connectivity index (χ1) is 6.20. The van der Waals surface area contributed by atoms with E-state index in [-0.39, 0.29) is 6.10 Å². The Balaban J connectivity index is 2.02. The summed E-state index contributed by atoms with van der Waals surface area (Å²) >= 11 is 0. The van der Waals surface area contributed by atoms with Gasteiger partial charge in [-0.25, -0.2) is 0 Å². The van der Waals surface area contributed by atoms with E-state index < -0.39 is 11.9 Å². The zero-order chi connectivity index (χ0) is 9.68. The fraction of sp³-hybridized carbons (Fsp3) is 0.875. The molecule has 5 nitrogen and oxygen atoms in total. The summed E-state index contributed by atoms with van der Waals surface area (Å²) in [6.07, 6.45) is 1.57. The van der Waals surface area contributed by atoms with Crippen molar-refractivity contribution in [2.24, 2.45) is 11.5 Å². The Morgan fingerprint density at radius 1 is 1.69 bits per heavy atom. The first-order valence-corrected chi connectivity index (χ1v) is 4.44. The molecule has 1 fully saturated rings. The Labute approximate surface area is 77.4 Å². The standard InChI is InChI=1S/C8H16N2O3/c9-7(8(10)11)2-4-13-6-1-3-12-5-6/h6-7H,1-5,9H2,(H2,10,11). The van der Waals surface area contributed by atoms with Crippen molar-refractivity contribution in [3.05, 3.63) is 0 Å². The van der Waals surface area contributed by atoms with Crippen LogP contribution in [-0.4, -0.2) is 37.9 Å². The minimum absolute atomic E-state index is 0.167. The number of rotatable bonds is 5. The van der Waals surface area contributed by atoms with E-state index in [1.807, 2.05) is 0 Å². The lowest BCUT2D eigenvalue weighted by molar-refractivity contribution is -0.119. The summed E-state index contributed by atoms with van der Waals surface area (Å²) in [7, 11) is 0. The van der Waals surface area contributed by atoms with Gasteiger partial charge in [0.1, 0.15) is 0 Å². The number of carbonyl (C=O) groups excluding carboxylic acids is 1. The van der Waals surface area contributed by atoms with Crippen LogP contribution in [-0.2, 0) is 14.3 Å². The minimum Gasteiger partial charge on any atom is -0.379 e. The highest BCUT2D eigenvalue weighted by Crippen LogP contribution is 2.08. The summed E-state index contributed by atoms with van der Waals surface area (Å²) in [5.74, 6) is -0.480. The smallest absolute Gasteiger partial charge is 0.234 e. The minimum atomic E-state index is -0.595. The van der Waals surface area contributed by atoms with Crippen LogP contribution < -0.4 is 11.5 Å². The van der Waals surface area contributed by atoms with Gasteiger partial charge in [0.15, 0.2) is 0 Å². The summed E-state index contributed by atoms with van der Waals surface area (Å²) in [5.41, 5.74) is 10.4. The molecule has 1 aliphatic rings. The van der Waals surface area contributed by atoms with Crippen molar-refractivity contribution in [2.45, 2.75) is 25.0 Å². The molecule has 5 heteroatoms. The number of ether oxygens (including phenoxy) is 2. The van der Waals surface area contributed by atoms with Crippen molar-refractivity contribution in [1.29, 1.82) is 0 Å². The van der Waals surface area contributed by atoms with Gasteiger partial charge in [0.2, 0.25) is 5.91 Å². The molecule has 0 spiro atoms. The third-order valence-electron chi connectivity index (χ3n) is 2.04. The lowest BCUT2D eigenvalue weighted by Crippen LogP contribution is -2.37. The predicted octanol–water partition coefficient (Wildman–Crippen LogP) is -1.01. The maximum atomic E-state index is 10.5. The second-order valence-corrected chi connectivity index (χ2v) is 3.15. The molecule has 0 aliphatic carbocycles. The summed E-state index contributed by atoms with van der Waals surface area (Å²) in [6.45, 7) is 1.87. The Bertz CT molecular complexity index is 169. The van der Waals surface area contributed by atoms with Crippen LogP contribution in [0.5, 0.6) is 0 Å². The lowest BCUT2D eigenvalue weighted by Gasteiger charge is -2.11. The number of primary amides is 1. The summed E-state index contributed by atoms with van der Waals surface area (Å²) < 4.78 is 10.5. The molecular weight excluding hydrogens is 172 g/mol. The van der Waals surface area contributed by atoms with Crippen LogP contribution in [0, 0.1) is 0 Å². The van der Waals surface area contributed by atoms with Crippen molar-refractivity contribution in [3.63, 3.8) is 0 Å². The van der Waals surface area contributed by atoms with E-state index >= 15 is 0 Å².